The van der Waals surface area contributed by atoms with Crippen molar-refractivity contribution in [1.29, 1.82) is 0 Å². The highest BCUT2D eigenvalue weighted by Gasteiger charge is 2.17. The van der Waals surface area contributed by atoms with Crippen LogP contribution in [0.2, 0.25) is 0 Å². The second-order valence-corrected chi connectivity index (χ2v) is 4.23. The lowest BCUT2D eigenvalue weighted by Crippen LogP contribution is -2.15. The molecule has 0 bridgehead atoms. The Kier molecular flexibility index (Phi) is 3.07. The fourth-order valence-electron chi connectivity index (χ4n) is 1.72. The first-order chi connectivity index (χ1) is 10.1. The van der Waals surface area contributed by atoms with Crippen molar-refractivity contribution >= 4 is 17.4 Å². The molecule has 21 heavy (non-hydrogen) atoms. The van der Waals surface area contributed by atoms with Gasteiger partial charge in [-0.1, -0.05) is 6.07 Å². The molecule has 0 aliphatic heterocycles. The summed E-state index contributed by atoms with van der Waals surface area (Å²) in [4.78, 5) is 12.0. The minimum Gasteiger partial charge on any atom is -0.423 e. The third-order valence-electron chi connectivity index (χ3n) is 2.82. The van der Waals surface area contributed by atoms with Gasteiger partial charge in [0.05, 0.1) is 0 Å². The third kappa shape index (κ3) is 2.43. The number of anilines is 2. The van der Waals surface area contributed by atoms with Crippen LogP contribution in [0.4, 0.5) is 11.5 Å². The van der Waals surface area contributed by atoms with Crippen molar-refractivity contribution in [3.63, 3.8) is 0 Å². The summed E-state index contributed by atoms with van der Waals surface area (Å²) < 4.78 is 9.52. The average Bonchev–Trinajstić information content (AvgIpc) is 3.12. The summed E-state index contributed by atoms with van der Waals surface area (Å²) in [5, 5.41) is 16.9. The van der Waals surface area contributed by atoms with E-state index < -0.39 is 5.91 Å². The molecule has 106 valence electrons. The van der Waals surface area contributed by atoms with E-state index in [0.717, 1.165) is 5.56 Å². The lowest BCUT2D eigenvalue weighted by molar-refractivity contribution is 0.101. The number of nitrogens with zero attached hydrogens (tertiary/aromatic N) is 4. The molecule has 9 heteroatoms. The lowest BCUT2D eigenvalue weighted by atomic mass is 10.1. The van der Waals surface area contributed by atoms with Gasteiger partial charge in [-0.05, 0) is 34.9 Å². The molecule has 2 aromatic heterocycles. The molecule has 0 unspecified atom stereocenters. The van der Waals surface area contributed by atoms with Crippen LogP contribution in [0.3, 0.4) is 0 Å². The highest BCUT2D eigenvalue weighted by Crippen LogP contribution is 2.24. The Hall–Kier alpha value is -3.23. The molecule has 0 fully saturated rings. The number of rotatable bonds is 3. The summed E-state index contributed by atoms with van der Waals surface area (Å²) in [7, 11) is 0. The van der Waals surface area contributed by atoms with Crippen LogP contribution < -0.4 is 11.1 Å². The van der Waals surface area contributed by atoms with Crippen molar-refractivity contribution in [3.05, 3.63) is 35.9 Å². The number of carbonyl (C=O) groups is 1. The highest BCUT2D eigenvalue weighted by atomic mass is 16.6. The molecule has 3 rings (SSSR count). The maximum Gasteiger partial charge on any atom is 0.281 e. The molecule has 9 nitrogen and oxygen atoms in total. The molecule has 3 N–H and O–H groups in total. The molecule has 0 aliphatic rings. The fraction of sp³-hybridized carbons (Fsp3) is 0.0833. The number of nitrogen functional groups attached to an aromatic ring is 1. The van der Waals surface area contributed by atoms with E-state index >= 15 is 0 Å². The molecule has 3 aromatic rings. The number of amides is 1. The molecule has 0 radical (unpaired) electrons. The first kappa shape index (κ1) is 12.8. The van der Waals surface area contributed by atoms with Crippen molar-refractivity contribution in [3.8, 4) is 11.5 Å². The van der Waals surface area contributed by atoms with Gasteiger partial charge in [-0.15, -0.1) is 10.2 Å². The summed E-state index contributed by atoms with van der Waals surface area (Å²) in [6.45, 7) is 1.84. The van der Waals surface area contributed by atoms with Crippen molar-refractivity contribution < 1.29 is 13.8 Å². The Morgan fingerprint density at radius 2 is 2.19 bits per heavy atom. The highest BCUT2D eigenvalue weighted by molar-refractivity contribution is 6.06. The minimum atomic E-state index is -0.514. The minimum absolute atomic E-state index is 0.0711. The van der Waals surface area contributed by atoms with Gasteiger partial charge in [0.2, 0.25) is 23.8 Å². The van der Waals surface area contributed by atoms with Gasteiger partial charge >= 0.3 is 0 Å². The van der Waals surface area contributed by atoms with Gasteiger partial charge < -0.3 is 15.5 Å². The van der Waals surface area contributed by atoms with Crippen molar-refractivity contribution in [2.75, 3.05) is 11.1 Å². The summed E-state index contributed by atoms with van der Waals surface area (Å²) in [5.41, 5.74) is 7.50. The van der Waals surface area contributed by atoms with E-state index in [9.17, 15) is 4.79 Å². The van der Waals surface area contributed by atoms with Crippen LogP contribution in [0, 0.1) is 6.92 Å². The van der Waals surface area contributed by atoms with E-state index in [1.54, 1.807) is 6.07 Å². The number of nitrogens with one attached hydrogen (secondary N) is 1. The van der Waals surface area contributed by atoms with Crippen LogP contribution in [0.5, 0.6) is 0 Å². The zero-order chi connectivity index (χ0) is 14.8. The van der Waals surface area contributed by atoms with Gasteiger partial charge in [0.25, 0.3) is 5.91 Å². The van der Waals surface area contributed by atoms with Gasteiger partial charge in [-0.25, -0.2) is 4.63 Å². The Balaban J connectivity index is 1.90. The van der Waals surface area contributed by atoms with E-state index in [-0.39, 0.29) is 11.5 Å². The monoisotopic (exact) mass is 286 g/mol. The summed E-state index contributed by atoms with van der Waals surface area (Å²) >= 11 is 0. The Morgan fingerprint density at radius 1 is 1.33 bits per heavy atom. The lowest BCUT2D eigenvalue weighted by Gasteiger charge is -2.08. The number of hydrogen-bond acceptors (Lipinski definition) is 8. The zero-order valence-corrected chi connectivity index (χ0v) is 10.9. The number of nitrogens with two attached hydrogens (primary N) is 1. The third-order valence-corrected chi connectivity index (χ3v) is 2.82. The molecular formula is C12H10N6O3. The van der Waals surface area contributed by atoms with Crippen LogP contribution in [-0.4, -0.2) is 26.4 Å². The van der Waals surface area contributed by atoms with E-state index in [0.29, 0.717) is 17.1 Å². The van der Waals surface area contributed by atoms with E-state index in [1.807, 2.05) is 19.1 Å². The second kappa shape index (κ2) is 5.04. The number of aromatic nitrogens is 4. The number of hydrogen-bond donors (Lipinski definition) is 2. The first-order valence-electron chi connectivity index (χ1n) is 5.91. The maximum atomic E-state index is 12.0. The number of carbonyl (C=O) groups excluding carboxylic acids is 1. The molecular weight excluding hydrogens is 276 g/mol. The predicted molar refractivity (Wildman–Crippen MR) is 71.1 cm³/mol. The van der Waals surface area contributed by atoms with E-state index in [4.69, 9.17) is 10.2 Å². The molecule has 2 heterocycles. The van der Waals surface area contributed by atoms with Crippen molar-refractivity contribution in [1.82, 2.24) is 20.5 Å². The Bertz CT molecular complexity index is 780. The van der Waals surface area contributed by atoms with E-state index in [1.165, 1.54) is 6.39 Å². The van der Waals surface area contributed by atoms with Gasteiger partial charge in [0.1, 0.15) is 0 Å². The van der Waals surface area contributed by atoms with Gasteiger partial charge in [0.15, 0.2) is 0 Å². The molecule has 1 amide bonds. The fourth-order valence-corrected chi connectivity index (χ4v) is 1.72. The maximum absolute atomic E-state index is 12.0. The van der Waals surface area contributed by atoms with Crippen molar-refractivity contribution in [2.45, 2.75) is 6.92 Å². The Morgan fingerprint density at radius 3 is 2.86 bits per heavy atom. The average molecular weight is 286 g/mol. The Labute approximate surface area is 118 Å². The quantitative estimate of drug-likeness (QED) is 0.735. The van der Waals surface area contributed by atoms with Crippen LogP contribution in [-0.2, 0) is 0 Å². The molecule has 0 aliphatic carbocycles. The standard InChI is InChI=1S/C12H10N6O3/c1-6-2-3-7(12-16-14-5-20-12)4-8(6)15-11(19)9-10(13)18-21-17-9/h2-5H,1H3,(H2,13,18)(H,15,19). The molecule has 1 aromatic carbocycles. The van der Waals surface area contributed by atoms with Crippen LogP contribution in [0.1, 0.15) is 16.1 Å². The van der Waals surface area contributed by atoms with Gasteiger partial charge in [-0.2, -0.15) is 0 Å². The normalized spacial score (nSPS) is 10.5. The first-order valence-corrected chi connectivity index (χ1v) is 5.91. The summed E-state index contributed by atoms with van der Waals surface area (Å²) in [6, 6.07) is 5.34. The molecule has 0 saturated carbocycles. The molecule has 0 spiro atoms. The molecule has 0 atom stereocenters. The van der Waals surface area contributed by atoms with Crippen LogP contribution >= 0.6 is 0 Å². The predicted octanol–water partition coefficient (Wildman–Crippen LogP) is 1.26. The largest absolute Gasteiger partial charge is 0.423 e. The molecule has 0 saturated heterocycles. The second-order valence-electron chi connectivity index (χ2n) is 4.23. The topological polar surface area (TPSA) is 133 Å². The number of aryl methyl sites for hydroxylation is 1. The van der Waals surface area contributed by atoms with Gasteiger partial charge in [0, 0.05) is 11.3 Å². The summed E-state index contributed by atoms with van der Waals surface area (Å²) in [5.74, 6) is -0.231. The van der Waals surface area contributed by atoms with Crippen molar-refractivity contribution in [2.24, 2.45) is 0 Å². The smallest absolute Gasteiger partial charge is 0.281 e. The summed E-state index contributed by atoms with van der Waals surface area (Å²) in [6.07, 6.45) is 1.23. The van der Waals surface area contributed by atoms with Crippen LogP contribution in [0.25, 0.3) is 11.5 Å². The SMILES string of the molecule is Cc1ccc(-c2nnco2)cc1NC(=O)c1nonc1N. The van der Waals surface area contributed by atoms with E-state index in [2.05, 4.69) is 30.5 Å². The van der Waals surface area contributed by atoms with Crippen LogP contribution in [0.15, 0.2) is 33.6 Å². The van der Waals surface area contributed by atoms with Gasteiger partial charge in [-0.3, -0.25) is 4.79 Å². The zero-order valence-electron chi connectivity index (χ0n) is 10.9. The number of benzene rings is 1.